The first-order valence-corrected chi connectivity index (χ1v) is 10.3. The van der Waals surface area contributed by atoms with Crippen molar-refractivity contribution in [3.63, 3.8) is 0 Å². The Kier molecular flexibility index (Phi) is 6.23. The first-order valence-electron chi connectivity index (χ1n) is 10.3. The molecule has 0 aromatic heterocycles. The molecule has 5 heteroatoms. The predicted octanol–water partition coefficient (Wildman–Crippen LogP) is 3.40. The zero-order valence-electron chi connectivity index (χ0n) is 17.7. The zero-order chi connectivity index (χ0) is 20.4. The van der Waals surface area contributed by atoms with Gasteiger partial charge in [0.05, 0.1) is 5.57 Å². The van der Waals surface area contributed by atoms with Gasteiger partial charge in [0, 0.05) is 33.4 Å². The molecule has 1 aromatic carbocycles. The molecular weight excluding hydrogens is 352 g/mol. The van der Waals surface area contributed by atoms with E-state index in [9.17, 15) is 9.59 Å². The summed E-state index contributed by atoms with van der Waals surface area (Å²) >= 11 is 0. The molecule has 2 heterocycles. The van der Waals surface area contributed by atoms with Gasteiger partial charge in [0.25, 0.3) is 11.8 Å². The molecule has 2 atom stereocenters. The SMILES string of the molecule is COCCCN1C(=O)C(c2ccc(C)cc2C)=C(N2CC(C)CC(C)C2)C1=O. The smallest absolute Gasteiger partial charge is 0.277 e. The molecule has 1 fully saturated rings. The normalized spacial score (nSPS) is 23.2. The summed E-state index contributed by atoms with van der Waals surface area (Å²) in [7, 11) is 1.63. The summed E-state index contributed by atoms with van der Waals surface area (Å²) in [5.41, 5.74) is 4.22. The molecule has 2 amide bonds. The second-order valence-electron chi connectivity index (χ2n) is 8.50. The third kappa shape index (κ3) is 4.00. The second-order valence-corrected chi connectivity index (χ2v) is 8.50. The van der Waals surface area contributed by atoms with Crippen molar-refractivity contribution in [1.82, 2.24) is 9.80 Å². The number of carbonyl (C=O) groups excluding carboxylic acids is 2. The summed E-state index contributed by atoms with van der Waals surface area (Å²) in [5.74, 6) is 0.676. The third-order valence-corrected chi connectivity index (χ3v) is 5.71. The number of aryl methyl sites for hydroxylation is 2. The maximum absolute atomic E-state index is 13.3. The largest absolute Gasteiger partial charge is 0.385 e. The van der Waals surface area contributed by atoms with Crippen molar-refractivity contribution in [2.45, 2.75) is 40.5 Å². The number of imide groups is 1. The van der Waals surface area contributed by atoms with Crippen molar-refractivity contribution < 1.29 is 14.3 Å². The van der Waals surface area contributed by atoms with E-state index in [1.807, 2.05) is 26.0 Å². The van der Waals surface area contributed by atoms with Crippen molar-refractivity contribution in [1.29, 1.82) is 0 Å². The molecule has 1 saturated heterocycles. The van der Waals surface area contributed by atoms with Crippen molar-refractivity contribution in [3.8, 4) is 0 Å². The number of hydrogen-bond donors (Lipinski definition) is 0. The quantitative estimate of drug-likeness (QED) is 0.557. The lowest BCUT2D eigenvalue weighted by molar-refractivity contribution is -0.137. The first kappa shape index (κ1) is 20.6. The molecule has 5 nitrogen and oxygen atoms in total. The topological polar surface area (TPSA) is 49.9 Å². The highest BCUT2D eigenvalue weighted by atomic mass is 16.5. The van der Waals surface area contributed by atoms with Gasteiger partial charge in [-0.05, 0) is 49.7 Å². The number of benzene rings is 1. The van der Waals surface area contributed by atoms with Crippen LogP contribution >= 0.6 is 0 Å². The molecule has 152 valence electrons. The Balaban J connectivity index is 2.05. The highest BCUT2D eigenvalue weighted by Crippen LogP contribution is 2.36. The van der Waals surface area contributed by atoms with Gasteiger partial charge in [-0.15, -0.1) is 0 Å². The molecule has 0 radical (unpaired) electrons. The van der Waals surface area contributed by atoms with Gasteiger partial charge in [-0.3, -0.25) is 14.5 Å². The molecule has 2 aliphatic heterocycles. The van der Waals surface area contributed by atoms with Crippen LogP contribution in [0, 0.1) is 25.7 Å². The number of nitrogens with zero attached hydrogens (tertiary/aromatic N) is 2. The van der Waals surface area contributed by atoms with Gasteiger partial charge in [0.2, 0.25) is 0 Å². The number of carbonyl (C=O) groups is 2. The van der Waals surface area contributed by atoms with Crippen molar-refractivity contribution in [3.05, 3.63) is 40.6 Å². The number of rotatable bonds is 6. The fraction of sp³-hybridized carbons (Fsp3) is 0.565. The Bertz CT molecular complexity index is 789. The molecule has 0 N–H and O–H groups in total. The Labute approximate surface area is 168 Å². The van der Waals surface area contributed by atoms with Crippen LogP contribution in [0.4, 0.5) is 0 Å². The van der Waals surface area contributed by atoms with Gasteiger partial charge in [0.1, 0.15) is 5.70 Å². The van der Waals surface area contributed by atoms with Crippen molar-refractivity contribution in [2.75, 3.05) is 33.4 Å². The predicted molar refractivity (Wildman–Crippen MR) is 111 cm³/mol. The molecule has 0 spiro atoms. The lowest BCUT2D eigenvalue weighted by Crippen LogP contribution is -2.42. The van der Waals surface area contributed by atoms with E-state index < -0.39 is 0 Å². The Hall–Kier alpha value is -2.14. The fourth-order valence-electron chi connectivity index (χ4n) is 4.61. The second kappa shape index (κ2) is 8.48. The standard InChI is InChI=1S/C23H32N2O3/c1-15-7-8-19(18(4)12-15)20-21(24-13-16(2)11-17(3)14-24)23(27)25(22(20)26)9-6-10-28-5/h7-8,12,16-17H,6,9-11,13-14H2,1-5H3. The van der Waals surface area contributed by atoms with Crippen LogP contribution in [0.1, 0.15) is 43.4 Å². The van der Waals surface area contributed by atoms with Gasteiger partial charge in [0.15, 0.2) is 0 Å². The van der Waals surface area contributed by atoms with E-state index in [1.54, 1.807) is 7.11 Å². The van der Waals surface area contributed by atoms with E-state index >= 15 is 0 Å². The van der Waals surface area contributed by atoms with E-state index in [2.05, 4.69) is 24.8 Å². The van der Waals surface area contributed by atoms with Crippen LogP contribution in [0.2, 0.25) is 0 Å². The summed E-state index contributed by atoms with van der Waals surface area (Å²) in [4.78, 5) is 30.3. The van der Waals surface area contributed by atoms with Crippen LogP contribution in [0.3, 0.4) is 0 Å². The Morgan fingerprint density at radius 2 is 1.75 bits per heavy atom. The summed E-state index contributed by atoms with van der Waals surface area (Å²) < 4.78 is 5.11. The summed E-state index contributed by atoms with van der Waals surface area (Å²) in [6.07, 6.45) is 1.80. The number of hydrogen-bond acceptors (Lipinski definition) is 4. The fourth-order valence-corrected chi connectivity index (χ4v) is 4.61. The minimum absolute atomic E-state index is 0.155. The van der Waals surface area contributed by atoms with Crippen molar-refractivity contribution >= 4 is 17.4 Å². The van der Waals surface area contributed by atoms with Gasteiger partial charge in [-0.25, -0.2) is 0 Å². The van der Waals surface area contributed by atoms with Gasteiger partial charge >= 0.3 is 0 Å². The number of ether oxygens (including phenoxy) is 1. The molecule has 1 aromatic rings. The molecule has 0 bridgehead atoms. The van der Waals surface area contributed by atoms with Crippen LogP contribution in [0.15, 0.2) is 23.9 Å². The number of methoxy groups -OCH3 is 1. The van der Waals surface area contributed by atoms with Gasteiger partial charge < -0.3 is 9.64 Å². The average molecular weight is 385 g/mol. The minimum atomic E-state index is -0.172. The zero-order valence-corrected chi connectivity index (χ0v) is 17.7. The maximum atomic E-state index is 13.3. The third-order valence-electron chi connectivity index (χ3n) is 5.71. The van der Waals surface area contributed by atoms with E-state index in [0.717, 1.165) is 36.2 Å². The van der Waals surface area contributed by atoms with Gasteiger partial charge in [-0.2, -0.15) is 0 Å². The van der Waals surface area contributed by atoms with Crippen molar-refractivity contribution in [2.24, 2.45) is 11.8 Å². The minimum Gasteiger partial charge on any atom is -0.385 e. The van der Waals surface area contributed by atoms with E-state index in [4.69, 9.17) is 4.74 Å². The summed E-state index contributed by atoms with van der Waals surface area (Å²) in [6, 6.07) is 6.08. The van der Waals surface area contributed by atoms with Crippen LogP contribution < -0.4 is 0 Å². The molecule has 0 aliphatic carbocycles. The Morgan fingerprint density at radius 3 is 2.36 bits per heavy atom. The average Bonchev–Trinajstić information content (AvgIpc) is 2.85. The Morgan fingerprint density at radius 1 is 1.07 bits per heavy atom. The van der Waals surface area contributed by atoms with Crippen LogP contribution in [0.5, 0.6) is 0 Å². The number of piperidine rings is 1. The lowest BCUT2D eigenvalue weighted by Gasteiger charge is -2.37. The monoisotopic (exact) mass is 384 g/mol. The van der Waals surface area contributed by atoms with Crippen LogP contribution in [0.25, 0.3) is 5.57 Å². The van der Waals surface area contributed by atoms with Crippen LogP contribution in [-0.2, 0) is 14.3 Å². The van der Waals surface area contributed by atoms with Gasteiger partial charge in [-0.1, -0.05) is 37.6 Å². The van der Waals surface area contributed by atoms with E-state index in [-0.39, 0.29) is 11.8 Å². The first-order chi connectivity index (χ1) is 13.3. The molecule has 28 heavy (non-hydrogen) atoms. The number of amides is 2. The lowest BCUT2D eigenvalue weighted by atomic mass is 9.90. The number of likely N-dealkylation sites (tertiary alicyclic amines) is 1. The molecule has 2 aliphatic rings. The molecule has 3 rings (SSSR count). The molecule has 2 unspecified atom stereocenters. The maximum Gasteiger partial charge on any atom is 0.277 e. The van der Waals surface area contributed by atoms with E-state index in [0.29, 0.717) is 42.7 Å². The summed E-state index contributed by atoms with van der Waals surface area (Å²) in [6.45, 7) is 11.1. The van der Waals surface area contributed by atoms with E-state index in [1.165, 1.54) is 4.90 Å². The molecular formula is C23H32N2O3. The van der Waals surface area contributed by atoms with Crippen LogP contribution in [-0.4, -0.2) is 55.0 Å². The molecule has 0 saturated carbocycles. The highest BCUT2D eigenvalue weighted by molar-refractivity contribution is 6.35. The highest BCUT2D eigenvalue weighted by Gasteiger charge is 2.42. The summed E-state index contributed by atoms with van der Waals surface area (Å²) in [5, 5.41) is 0.